The van der Waals surface area contributed by atoms with Crippen LogP contribution < -0.4 is 21.5 Å². The van der Waals surface area contributed by atoms with Crippen molar-refractivity contribution in [2.75, 3.05) is 32.7 Å². The van der Waals surface area contributed by atoms with E-state index in [1.165, 1.54) is 12.0 Å². The lowest BCUT2D eigenvalue weighted by Crippen LogP contribution is -2.48. The van der Waals surface area contributed by atoms with E-state index in [0.717, 1.165) is 52.0 Å². The zero-order valence-electron chi connectivity index (χ0n) is 15.4. The Balaban J connectivity index is 1.13. The Bertz CT molecular complexity index is 595. The first kappa shape index (κ1) is 17.8. The number of urea groups is 1. The molecular weight excluding hydrogens is 326 g/mol. The van der Waals surface area contributed by atoms with Crippen molar-refractivity contribution < 1.29 is 4.79 Å². The van der Waals surface area contributed by atoms with E-state index in [2.05, 4.69) is 56.7 Å². The van der Waals surface area contributed by atoms with Gasteiger partial charge in [-0.3, -0.25) is 10.9 Å². The first-order valence-corrected chi connectivity index (χ1v) is 10.1. The van der Waals surface area contributed by atoms with Gasteiger partial charge >= 0.3 is 6.03 Å². The molecule has 3 fully saturated rings. The van der Waals surface area contributed by atoms with Crippen LogP contribution in [0.15, 0.2) is 30.3 Å². The van der Waals surface area contributed by atoms with E-state index in [9.17, 15) is 4.79 Å². The Hall–Kier alpha value is -1.63. The summed E-state index contributed by atoms with van der Waals surface area (Å²) < 4.78 is 0. The lowest BCUT2D eigenvalue weighted by Gasteiger charge is -2.31. The lowest BCUT2D eigenvalue weighted by atomic mass is 9.83. The summed E-state index contributed by atoms with van der Waals surface area (Å²) in [5.74, 6) is 1.28. The number of fused-ring (bicyclic) bond motifs is 1. The molecule has 142 valence electrons. The number of benzene rings is 1. The van der Waals surface area contributed by atoms with Gasteiger partial charge in [-0.05, 0) is 49.6 Å². The molecule has 0 radical (unpaired) electrons. The summed E-state index contributed by atoms with van der Waals surface area (Å²) in [6.45, 7) is 4.88. The minimum Gasteiger partial charge on any atom is -0.337 e. The van der Waals surface area contributed by atoms with Crippen LogP contribution in [0.1, 0.15) is 37.2 Å². The van der Waals surface area contributed by atoms with Crippen LogP contribution in [0, 0.1) is 5.92 Å². The van der Waals surface area contributed by atoms with Gasteiger partial charge in [0.1, 0.15) is 0 Å². The summed E-state index contributed by atoms with van der Waals surface area (Å²) in [6, 6.07) is 11.7. The quantitative estimate of drug-likeness (QED) is 0.643. The molecule has 6 nitrogen and oxygen atoms in total. The molecule has 4 N–H and O–H groups in total. The molecule has 1 aliphatic carbocycles. The SMILES string of the molecule is O=C(NCCN1CCC(c2ccccc2)C1)NC1CCC2NNCC2C1. The second-order valence-electron chi connectivity index (χ2n) is 8.00. The third-order valence-electron chi connectivity index (χ3n) is 6.23. The molecule has 3 aliphatic rings. The van der Waals surface area contributed by atoms with E-state index in [1.54, 1.807) is 0 Å². The van der Waals surface area contributed by atoms with Crippen molar-refractivity contribution in [1.29, 1.82) is 0 Å². The molecule has 26 heavy (non-hydrogen) atoms. The van der Waals surface area contributed by atoms with Crippen LogP contribution in [-0.4, -0.2) is 55.7 Å². The van der Waals surface area contributed by atoms with Gasteiger partial charge in [0.15, 0.2) is 0 Å². The molecule has 0 spiro atoms. The van der Waals surface area contributed by atoms with Crippen LogP contribution in [0.25, 0.3) is 0 Å². The Kier molecular flexibility index (Phi) is 5.72. The second kappa shape index (κ2) is 8.37. The van der Waals surface area contributed by atoms with E-state index in [0.29, 0.717) is 23.9 Å². The van der Waals surface area contributed by atoms with E-state index in [-0.39, 0.29) is 6.03 Å². The number of hydrogen-bond donors (Lipinski definition) is 4. The molecule has 6 heteroatoms. The van der Waals surface area contributed by atoms with Crippen molar-refractivity contribution >= 4 is 6.03 Å². The highest BCUT2D eigenvalue weighted by Crippen LogP contribution is 2.27. The monoisotopic (exact) mass is 357 g/mol. The molecule has 0 aromatic heterocycles. The van der Waals surface area contributed by atoms with Crippen molar-refractivity contribution in [2.24, 2.45) is 5.92 Å². The fourth-order valence-electron chi connectivity index (χ4n) is 4.73. The van der Waals surface area contributed by atoms with Gasteiger partial charge in [0, 0.05) is 38.3 Å². The van der Waals surface area contributed by atoms with Gasteiger partial charge in [0.2, 0.25) is 0 Å². The van der Waals surface area contributed by atoms with Crippen molar-refractivity contribution in [3.63, 3.8) is 0 Å². The minimum absolute atomic E-state index is 0.00817. The normalized spacial score (nSPS) is 31.5. The van der Waals surface area contributed by atoms with E-state index >= 15 is 0 Å². The maximum Gasteiger partial charge on any atom is 0.315 e. The number of amides is 2. The summed E-state index contributed by atoms with van der Waals surface area (Å²) in [4.78, 5) is 14.6. The van der Waals surface area contributed by atoms with Crippen LogP contribution in [0.5, 0.6) is 0 Å². The topological polar surface area (TPSA) is 68.4 Å². The molecule has 1 aromatic carbocycles. The second-order valence-corrected chi connectivity index (χ2v) is 8.00. The maximum absolute atomic E-state index is 12.2. The van der Waals surface area contributed by atoms with E-state index < -0.39 is 0 Å². The van der Waals surface area contributed by atoms with Gasteiger partial charge in [0.05, 0.1) is 0 Å². The van der Waals surface area contributed by atoms with E-state index in [4.69, 9.17) is 0 Å². The van der Waals surface area contributed by atoms with Gasteiger partial charge in [-0.15, -0.1) is 0 Å². The number of carbonyl (C=O) groups is 1. The average Bonchev–Trinajstić information content (AvgIpc) is 3.31. The lowest BCUT2D eigenvalue weighted by molar-refractivity contribution is 0.221. The fourth-order valence-corrected chi connectivity index (χ4v) is 4.73. The summed E-state index contributed by atoms with van der Waals surface area (Å²) in [5.41, 5.74) is 8.00. The molecule has 2 saturated heterocycles. The number of carbonyl (C=O) groups excluding carboxylic acids is 1. The number of likely N-dealkylation sites (tertiary alicyclic amines) is 1. The van der Waals surface area contributed by atoms with Crippen LogP contribution in [0.3, 0.4) is 0 Å². The maximum atomic E-state index is 12.2. The number of hydrazine groups is 1. The smallest absolute Gasteiger partial charge is 0.315 e. The van der Waals surface area contributed by atoms with Gasteiger partial charge in [-0.25, -0.2) is 4.79 Å². The summed E-state index contributed by atoms with van der Waals surface area (Å²) in [5, 5.41) is 6.22. The molecular formula is C20H31N5O. The predicted octanol–water partition coefficient (Wildman–Crippen LogP) is 1.42. The summed E-state index contributed by atoms with van der Waals surface area (Å²) >= 11 is 0. The fraction of sp³-hybridized carbons (Fsp3) is 0.650. The van der Waals surface area contributed by atoms with Crippen molar-refractivity contribution in [2.45, 2.75) is 43.7 Å². The number of nitrogens with one attached hydrogen (secondary N) is 4. The Morgan fingerprint density at radius 1 is 1.19 bits per heavy atom. The summed E-state index contributed by atoms with van der Waals surface area (Å²) in [7, 11) is 0. The molecule has 1 aromatic rings. The zero-order chi connectivity index (χ0) is 17.8. The van der Waals surface area contributed by atoms with Crippen LogP contribution >= 0.6 is 0 Å². The Morgan fingerprint density at radius 3 is 2.96 bits per heavy atom. The van der Waals surface area contributed by atoms with Crippen LogP contribution in [-0.2, 0) is 0 Å². The molecule has 4 atom stereocenters. The number of rotatable bonds is 5. The number of hydrogen-bond acceptors (Lipinski definition) is 4. The molecule has 4 rings (SSSR count). The molecule has 2 amide bonds. The minimum atomic E-state index is -0.00817. The summed E-state index contributed by atoms with van der Waals surface area (Å²) in [6.07, 6.45) is 4.48. The zero-order valence-corrected chi connectivity index (χ0v) is 15.4. The third kappa shape index (κ3) is 4.37. The van der Waals surface area contributed by atoms with Crippen molar-refractivity contribution in [1.82, 2.24) is 26.4 Å². The standard InChI is InChI=1S/C20H31N5O/c26-20(23-18-6-7-19-17(12-18)13-22-24-19)21-9-11-25-10-8-16(14-25)15-4-2-1-3-5-15/h1-5,16-19,22,24H,6-14H2,(H2,21,23,26). The molecule has 1 saturated carbocycles. The van der Waals surface area contributed by atoms with E-state index in [1.807, 2.05) is 0 Å². The predicted molar refractivity (Wildman–Crippen MR) is 103 cm³/mol. The molecule has 2 heterocycles. The first-order valence-electron chi connectivity index (χ1n) is 10.1. The number of nitrogens with zero attached hydrogens (tertiary/aromatic N) is 1. The first-order chi connectivity index (χ1) is 12.8. The van der Waals surface area contributed by atoms with Crippen LogP contribution in [0.4, 0.5) is 4.79 Å². The molecule has 2 aliphatic heterocycles. The van der Waals surface area contributed by atoms with Crippen LogP contribution in [0.2, 0.25) is 0 Å². The van der Waals surface area contributed by atoms with Gasteiger partial charge < -0.3 is 15.5 Å². The average molecular weight is 358 g/mol. The Morgan fingerprint density at radius 2 is 2.08 bits per heavy atom. The largest absolute Gasteiger partial charge is 0.337 e. The highest BCUT2D eigenvalue weighted by molar-refractivity contribution is 5.74. The highest BCUT2D eigenvalue weighted by Gasteiger charge is 2.34. The van der Waals surface area contributed by atoms with Gasteiger partial charge in [0.25, 0.3) is 0 Å². The molecule has 4 unspecified atom stereocenters. The van der Waals surface area contributed by atoms with Crippen molar-refractivity contribution in [3.05, 3.63) is 35.9 Å². The van der Waals surface area contributed by atoms with Gasteiger partial charge in [-0.1, -0.05) is 30.3 Å². The Labute approximate surface area is 156 Å². The van der Waals surface area contributed by atoms with Gasteiger partial charge in [-0.2, -0.15) is 0 Å². The highest BCUT2D eigenvalue weighted by atomic mass is 16.2. The molecule has 0 bridgehead atoms. The third-order valence-corrected chi connectivity index (χ3v) is 6.23. The van der Waals surface area contributed by atoms with Crippen molar-refractivity contribution in [3.8, 4) is 0 Å².